The predicted octanol–water partition coefficient (Wildman–Crippen LogP) is 23.2. The molecule has 0 aliphatic heterocycles. The molecule has 0 aliphatic carbocycles. The van der Waals surface area contributed by atoms with Crippen LogP contribution in [0.1, 0.15) is 297 Å². The molecule has 592 valence electrons. The Balaban J connectivity index is 5.42. The van der Waals surface area contributed by atoms with Crippen molar-refractivity contribution in [3.63, 3.8) is 0 Å². The minimum absolute atomic E-state index is 0.0822. The predicted molar refractivity (Wildman–Crippen MR) is 427 cm³/mol. The van der Waals surface area contributed by atoms with Crippen LogP contribution in [0.25, 0.3) is 0 Å². The summed E-state index contributed by atoms with van der Waals surface area (Å²) in [5, 5.41) is 10.6. The van der Waals surface area contributed by atoms with Crippen LogP contribution in [0.5, 0.6) is 0 Å². The molecule has 0 bridgehead atoms. The average Bonchev–Trinajstić information content (AvgIpc) is 0.931. The summed E-state index contributed by atoms with van der Waals surface area (Å²) in [5.74, 6) is -2.38. The summed E-state index contributed by atoms with van der Waals surface area (Å²) < 4.78 is 68.4. The fraction of sp³-hybridized carbons (Fsp3) is 0.647. The van der Waals surface area contributed by atoms with Crippen molar-refractivity contribution < 1.29 is 80.2 Å². The average molecular weight is 1500 g/mol. The van der Waals surface area contributed by atoms with Crippen molar-refractivity contribution in [2.24, 2.45) is 0 Å². The fourth-order valence-electron chi connectivity index (χ4n) is 10.0. The number of unbranched alkanes of at least 4 members (excludes halogenated alkanes) is 22. The zero-order valence-electron chi connectivity index (χ0n) is 64.6. The van der Waals surface area contributed by atoms with Gasteiger partial charge in [-0.25, -0.2) is 9.13 Å². The molecule has 3 N–H and O–H groups in total. The Hall–Kier alpha value is -5.32. The minimum atomic E-state index is -5.01. The van der Waals surface area contributed by atoms with E-state index in [-0.39, 0.29) is 25.7 Å². The van der Waals surface area contributed by atoms with E-state index in [1.807, 2.05) is 12.2 Å². The van der Waals surface area contributed by atoms with Gasteiger partial charge in [-0.2, -0.15) is 0 Å². The molecule has 0 saturated heterocycles. The molecule has 0 saturated carbocycles. The van der Waals surface area contributed by atoms with Gasteiger partial charge in [0.2, 0.25) is 0 Å². The van der Waals surface area contributed by atoms with Gasteiger partial charge >= 0.3 is 39.5 Å². The molecular weight excluding hydrogens is 1350 g/mol. The Morgan fingerprint density at radius 3 is 0.885 bits per heavy atom. The summed E-state index contributed by atoms with van der Waals surface area (Å²) in [7, 11) is -10.0. The van der Waals surface area contributed by atoms with Crippen molar-refractivity contribution in [3.05, 3.63) is 158 Å². The molecule has 5 atom stereocenters. The van der Waals surface area contributed by atoms with Crippen LogP contribution in [0.3, 0.4) is 0 Å². The fourth-order valence-corrected chi connectivity index (χ4v) is 11.6. The molecule has 0 fully saturated rings. The van der Waals surface area contributed by atoms with Gasteiger partial charge in [0.25, 0.3) is 0 Å². The van der Waals surface area contributed by atoms with E-state index < -0.39 is 97.5 Å². The highest BCUT2D eigenvalue weighted by atomic mass is 31.2. The quantitative estimate of drug-likeness (QED) is 0.0169. The van der Waals surface area contributed by atoms with Crippen LogP contribution in [0, 0.1) is 0 Å². The largest absolute Gasteiger partial charge is 0.472 e. The van der Waals surface area contributed by atoms with Crippen LogP contribution in [0.4, 0.5) is 0 Å². The van der Waals surface area contributed by atoms with Crippen molar-refractivity contribution in [3.8, 4) is 0 Å². The second-order valence-corrected chi connectivity index (χ2v) is 28.8. The van der Waals surface area contributed by atoms with Gasteiger partial charge in [-0.05, 0) is 135 Å². The summed E-state index contributed by atoms with van der Waals surface area (Å²) >= 11 is 0. The molecule has 0 amide bonds. The lowest BCUT2D eigenvalue weighted by molar-refractivity contribution is -0.161. The molecule has 19 heteroatoms. The molecule has 104 heavy (non-hydrogen) atoms. The molecule has 0 rings (SSSR count). The molecule has 0 spiro atoms. The topological polar surface area (TPSA) is 237 Å². The molecular formula is C85H140O17P2. The van der Waals surface area contributed by atoms with Crippen LogP contribution in [0.2, 0.25) is 0 Å². The van der Waals surface area contributed by atoms with Crippen molar-refractivity contribution >= 4 is 39.5 Å². The third kappa shape index (κ3) is 74.9. The molecule has 0 aromatic rings. The standard InChI is InChI=1S/C85H140O17P2/c1-5-9-13-17-21-25-29-32-35-37-39-41-44-46-50-53-57-61-65-69-82(87)95-75-80(101-84(89)71-67-63-59-55-49-28-24-20-16-12-8-4)77-99-103(91,92)97-73-79(86)74-98-104(93,94)100-78-81(102-85(90)72-68-64-60-56-52-48-43-34-31-27-23-19-15-11-7-3)76-96-83(88)70-66-62-58-54-51-47-45-42-40-38-36-33-30-26-22-18-14-10-6-2/h9,11,13,15,21-23,25-27,32-36,39-43,46,50,52,56,64,68,79-81,86H,5-8,10,12,14,16-20,24,28-31,37-38,44-45,47-49,51,53-55,57-63,65-67,69-78H2,1-4H3,(H,91,92)(H,93,94)/b13-9-,15-11-,25-21-,26-22-,27-23-,35-32-,36-33-,41-39-,42-40-,43-34-,50-46-,56-52-,68-64-. The highest BCUT2D eigenvalue weighted by Crippen LogP contribution is 2.45. The highest BCUT2D eigenvalue weighted by molar-refractivity contribution is 7.47. The lowest BCUT2D eigenvalue weighted by Crippen LogP contribution is -2.30. The number of hydrogen-bond donors (Lipinski definition) is 3. The first kappa shape index (κ1) is 98.7. The van der Waals surface area contributed by atoms with Crippen molar-refractivity contribution in [1.82, 2.24) is 0 Å². The number of esters is 4. The van der Waals surface area contributed by atoms with E-state index in [0.717, 1.165) is 161 Å². The van der Waals surface area contributed by atoms with E-state index in [0.29, 0.717) is 25.7 Å². The van der Waals surface area contributed by atoms with E-state index in [1.165, 1.54) is 57.8 Å². The first-order valence-corrected chi connectivity index (χ1v) is 42.7. The summed E-state index contributed by atoms with van der Waals surface area (Å²) in [4.78, 5) is 72.9. The summed E-state index contributed by atoms with van der Waals surface area (Å²) in [5.41, 5.74) is 0. The lowest BCUT2D eigenvalue weighted by atomic mass is 10.1. The van der Waals surface area contributed by atoms with Gasteiger partial charge in [-0.15, -0.1) is 0 Å². The highest BCUT2D eigenvalue weighted by Gasteiger charge is 2.30. The molecule has 0 aliphatic rings. The normalized spacial score (nSPS) is 14.7. The van der Waals surface area contributed by atoms with Crippen LogP contribution in [0.15, 0.2) is 158 Å². The van der Waals surface area contributed by atoms with Gasteiger partial charge in [0, 0.05) is 19.3 Å². The Morgan fingerprint density at radius 1 is 0.288 bits per heavy atom. The second-order valence-electron chi connectivity index (χ2n) is 25.9. The number of allylic oxidation sites excluding steroid dienone is 25. The van der Waals surface area contributed by atoms with Crippen LogP contribution >= 0.6 is 15.6 Å². The number of hydrogen-bond acceptors (Lipinski definition) is 15. The molecule has 0 radical (unpaired) electrons. The van der Waals surface area contributed by atoms with Crippen molar-refractivity contribution in [2.75, 3.05) is 39.6 Å². The van der Waals surface area contributed by atoms with Crippen molar-refractivity contribution in [1.29, 1.82) is 0 Å². The maximum atomic E-state index is 13.1. The maximum Gasteiger partial charge on any atom is 0.472 e. The third-order valence-electron chi connectivity index (χ3n) is 16.0. The van der Waals surface area contributed by atoms with E-state index in [9.17, 15) is 43.2 Å². The number of carbonyl (C=O) groups is 4. The Labute approximate surface area is 629 Å². The maximum absolute atomic E-state index is 13.1. The SMILES string of the molecule is CC/C=C\C/C=C\C/C=C\C/C=C\C/C=C\CCCCCC(=O)OCC(COP(=O)(O)OCC(O)COP(=O)(O)OCC(COC(=O)CCCCCCCC/C=C\C/C=C\C/C=C\CCCCC)OC(=O)C/C=C\C/C=C\C/C=C\C/C=C\C/C=C\CC)OC(=O)CCCCCCCCCCCCC. The minimum Gasteiger partial charge on any atom is -0.462 e. The van der Waals surface area contributed by atoms with Gasteiger partial charge in [-0.3, -0.25) is 37.3 Å². The zero-order chi connectivity index (χ0) is 76.0. The van der Waals surface area contributed by atoms with Crippen LogP contribution in [-0.2, 0) is 65.4 Å². The molecule has 17 nitrogen and oxygen atoms in total. The number of rotatable bonds is 73. The summed E-state index contributed by atoms with van der Waals surface area (Å²) in [6, 6.07) is 0. The smallest absolute Gasteiger partial charge is 0.462 e. The van der Waals surface area contributed by atoms with Gasteiger partial charge in [0.1, 0.15) is 19.3 Å². The monoisotopic (exact) mass is 1490 g/mol. The number of phosphoric ester groups is 2. The van der Waals surface area contributed by atoms with Crippen molar-refractivity contribution in [2.45, 2.75) is 316 Å². The zero-order valence-corrected chi connectivity index (χ0v) is 66.4. The molecule has 5 unspecified atom stereocenters. The van der Waals surface area contributed by atoms with Gasteiger partial charge < -0.3 is 33.8 Å². The number of phosphoric acid groups is 2. The van der Waals surface area contributed by atoms with E-state index in [2.05, 4.69) is 161 Å². The molecule has 0 aromatic carbocycles. The lowest BCUT2D eigenvalue weighted by Gasteiger charge is -2.21. The van der Waals surface area contributed by atoms with E-state index in [4.69, 9.17) is 37.0 Å². The summed E-state index contributed by atoms with van der Waals surface area (Å²) in [6.07, 6.45) is 88.3. The first-order valence-electron chi connectivity index (χ1n) is 39.7. The van der Waals surface area contributed by atoms with E-state index >= 15 is 0 Å². The van der Waals surface area contributed by atoms with Crippen LogP contribution in [-0.4, -0.2) is 96.7 Å². The summed E-state index contributed by atoms with van der Waals surface area (Å²) in [6.45, 7) is 4.44. The second kappa shape index (κ2) is 75.9. The number of carbonyl (C=O) groups excluding carboxylic acids is 4. The van der Waals surface area contributed by atoms with Gasteiger partial charge in [0.05, 0.1) is 32.8 Å². The number of ether oxygens (including phenoxy) is 4. The Bertz CT molecular complexity index is 2590. The first-order chi connectivity index (χ1) is 50.7. The van der Waals surface area contributed by atoms with Gasteiger partial charge in [0.15, 0.2) is 12.2 Å². The van der Waals surface area contributed by atoms with Crippen LogP contribution < -0.4 is 0 Å². The molecule has 0 heterocycles. The Kier molecular flexibility index (Phi) is 72.0. The Morgan fingerprint density at radius 2 is 0.538 bits per heavy atom. The number of aliphatic hydroxyl groups is 1. The van der Waals surface area contributed by atoms with E-state index in [1.54, 1.807) is 12.2 Å². The number of aliphatic hydroxyl groups excluding tert-OH is 1. The van der Waals surface area contributed by atoms with Gasteiger partial charge in [-0.1, -0.05) is 295 Å². The third-order valence-corrected chi connectivity index (χ3v) is 17.9. The molecule has 0 aromatic heterocycles.